The first-order chi connectivity index (χ1) is 12.8. The molecule has 1 N–H and O–H groups in total. The fourth-order valence-electron chi connectivity index (χ4n) is 2.73. The van der Waals surface area contributed by atoms with Gasteiger partial charge in [0.15, 0.2) is 0 Å². The maximum Gasteiger partial charge on any atom is 0.431 e. The van der Waals surface area contributed by atoms with E-state index >= 15 is 0 Å². The summed E-state index contributed by atoms with van der Waals surface area (Å²) in [6.45, 7) is 1.67. The highest BCUT2D eigenvalue weighted by atomic mass is 19.4. The number of fused-ring (bicyclic) bond motifs is 1. The van der Waals surface area contributed by atoms with Gasteiger partial charge < -0.3 is 14.6 Å². The molecule has 0 aliphatic rings. The average Bonchev–Trinajstić information content (AvgIpc) is 2.97. The number of benzene rings is 1. The van der Waals surface area contributed by atoms with E-state index in [2.05, 4.69) is 10.3 Å². The van der Waals surface area contributed by atoms with Gasteiger partial charge in [-0.1, -0.05) is 18.2 Å². The van der Waals surface area contributed by atoms with Crippen LogP contribution < -0.4 is 10.1 Å². The third-order valence-electron chi connectivity index (χ3n) is 3.90. The van der Waals surface area contributed by atoms with Crippen LogP contribution in [-0.2, 0) is 17.5 Å². The third kappa shape index (κ3) is 4.58. The van der Waals surface area contributed by atoms with Crippen LogP contribution in [-0.4, -0.2) is 28.6 Å². The van der Waals surface area contributed by atoms with Crippen molar-refractivity contribution in [2.45, 2.75) is 19.6 Å². The number of para-hydroxylation sites is 1. The second-order valence-electron chi connectivity index (χ2n) is 6.05. The van der Waals surface area contributed by atoms with Gasteiger partial charge in [-0.05, 0) is 36.8 Å². The van der Waals surface area contributed by atoms with Crippen LogP contribution in [0.3, 0.4) is 0 Å². The number of alkyl halides is 3. The van der Waals surface area contributed by atoms with Gasteiger partial charge in [0.25, 0.3) is 0 Å². The van der Waals surface area contributed by atoms with E-state index in [4.69, 9.17) is 4.74 Å². The Labute approximate surface area is 153 Å². The van der Waals surface area contributed by atoms with Gasteiger partial charge in [0.05, 0.1) is 6.54 Å². The lowest BCUT2D eigenvalue weighted by Crippen LogP contribution is -2.32. The summed E-state index contributed by atoms with van der Waals surface area (Å²) < 4.78 is 46.3. The van der Waals surface area contributed by atoms with Gasteiger partial charge >= 0.3 is 6.18 Å². The average molecular weight is 377 g/mol. The Morgan fingerprint density at radius 1 is 1.22 bits per heavy atom. The van der Waals surface area contributed by atoms with Crippen LogP contribution in [0.4, 0.5) is 13.2 Å². The minimum absolute atomic E-state index is 0.128. The molecule has 2 aromatic heterocycles. The summed E-state index contributed by atoms with van der Waals surface area (Å²) in [5.41, 5.74) is -0.0224. The van der Waals surface area contributed by atoms with Crippen LogP contribution in [0.25, 0.3) is 11.0 Å². The Morgan fingerprint density at radius 2 is 1.96 bits per heavy atom. The summed E-state index contributed by atoms with van der Waals surface area (Å²) in [4.78, 5) is 16.2. The predicted molar refractivity (Wildman–Crippen MR) is 94.4 cm³/mol. The second-order valence-corrected chi connectivity index (χ2v) is 6.05. The van der Waals surface area contributed by atoms with E-state index in [0.717, 1.165) is 16.2 Å². The number of pyridine rings is 1. The molecule has 1 aromatic carbocycles. The van der Waals surface area contributed by atoms with Crippen molar-refractivity contribution in [2.75, 3.05) is 13.2 Å². The van der Waals surface area contributed by atoms with Crippen molar-refractivity contribution in [1.29, 1.82) is 0 Å². The molecule has 0 saturated carbocycles. The van der Waals surface area contributed by atoms with E-state index in [0.29, 0.717) is 11.1 Å². The highest BCUT2D eigenvalue weighted by molar-refractivity contribution is 5.82. The van der Waals surface area contributed by atoms with Crippen LogP contribution in [0, 0.1) is 6.92 Å². The first kappa shape index (κ1) is 18.8. The number of halogens is 3. The Kier molecular flexibility index (Phi) is 5.34. The lowest BCUT2D eigenvalue weighted by molar-refractivity contribution is -0.143. The first-order valence-electron chi connectivity index (χ1n) is 8.32. The van der Waals surface area contributed by atoms with Gasteiger partial charge in [-0.3, -0.25) is 4.79 Å². The van der Waals surface area contributed by atoms with Crippen molar-refractivity contribution in [3.8, 4) is 5.75 Å². The van der Waals surface area contributed by atoms with Crippen LogP contribution in [0.2, 0.25) is 0 Å². The molecule has 3 aromatic rings. The summed E-state index contributed by atoms with van der Waals surface area (Å²) in [6, 6.07) is 11.7. The molecule has 5 nitrogen and oxygen atoms in total. The zero-order chi connectivity index (χ0) is 19.4. The van der Waals surface area contributed by atoms with Crippen molar-refractivity contribution in [1.82, 2.24) is 14.9 Å². The molecule has 2 heterocycles. The van der Waals surface area contributed by atoms with Crippen molar-refractivity contribution < 1.29 is 22.7 Å². The quantitative estimate of drug-likeness (QED) is 0.669. The number of rotatable bonds is 6. The topological polar surface area (TPSA) is 56.2 Å². The number of aromatic nitrogens is 2. The molecule has 27 heavy (non-hydrogen) atoms. The summed E-state index contributed by atoms with van der Waals surface area (Å²) in [7, 11) is 0. The predicted octanol–water partition coefficient (Wildman–Crippen LogP) is 3.56. The van der Waals surface area contributed by atoms with Crippen molar-refractivity contribution in [3.63, 3.8) is 0 Å². The smallest absolute Gasteiger partial charge is 0.431 e. The molecule has 0 radical (unpaired) electrons. The Bertz CT molecular complexity index is 937. The Hall–Kier alpha value is -3.03. The van der Waals surface area contributed by atoms with Gasteiger partial charge in [-0.25, -0.2) is 4.98 Å². The Balaban J connectivity index is 1.67. The van der Waals surface area contributed by atoms with Crippen LogP contribution in [0.5, 0.6) is 5.75 Å². The molecule has 0 saturated heterocycles. The molecule has 0 bridgehead atoms. The number of carbonyl (C=O) groups is 1. The molecule has 0 unspecified atom stereocenters. The van der Waals surface area contributed by atoms with Gasteiger partial charge in [0.2, 0.25) is 5.91 Å². The normalized spacial score (nSPS) is 11.6. The number of amides is 1. The zero-order valence-electron chi connectivity index (χ0n) is 14.6. The maximum absolute atomic E-state index is 13.3. The van der Waals surface area contributed by atoms with E-state index in [1.54, 1.807) is 25.1 Å². The van der Waals surface area contributed by atoms with E-state index in [1.165, 1.54) is 6.20 Å². The van der Waals surface area contributed by atoms with E-state index in [9.17, 15) is 18.0 Å². The molecular weight excluding hydrogens is 359 g/mol. The first-order valence-corrected chi connectivity index (χ1v) is 8.32. The number of hydrogen-bond donors (Lipinski definition) is 1. The summed E-state index contributed by atoms with van der Waals surface area (Å²) >= 11 is 0. The zero-order valence-corrected chi connectivity index (χ0v) is 14.6. The van der Waals surface area contributed by atoms with Crippen LogP contribution >= 0.6 is 0 Å². The van der Waals surface area contributed by atoms with Gasteiger partial charge in [-0.2, -0.15) is 13.2 Å². The molecule has 142 valence electrons. The number of nitrogens with one attached hydrogen (secondary N) is 1. The van der Waals surface area contributed by atoms with Crippen molar-refractivity contribution in [2.24, 2.45) is 0 Å². The number of ether oxygens (including phenoxy) is 1. The molecule has 0 aliphatic carbocycles. The lowest BCUT2D eigenvalue weighted by atomic mass is 10.2. The second kappa shape index (κ2) is 7.69. The molecule has 3 rings (SSSR count). The maximum atomic E-state index is 13.3. The van der Waals surface area contributed by atoms with Crippen LogP contribution in [0.15, 0.2) is 48.7 Å². The highest BCUT2D eigenvalue weighted by Gasteiger charge is 2.36. The van der Waals surface area contributed by atoms with Crippen LogP contribution in [0.1, 0.15) is 11.3 Å². The molecular formula is C19H18F3N3O2. The molecule has 0 fully saturated rings. The SMILES string of the molecule is Cc1cnc2c(c1)cc(C(F)(F)F)n2CC(=O)NCCOc1ccccc1. The van der Waals surface area contributed by atoms with Crippen molar-refractivity contribution >= 4 is 16.9 Å². The minimum atomic E-state index is -4.58. The fourth-order valence-corrected chi connectivity index (χ4v) is 2.73. The summed E-state index contributed by atoms with van der Waals surface area (Å²) in [5, 5.41) is 2.92. The van der Waals surface area contributed by atoms with Gasteiger partial charge in [-0.15, -0.1) is 0 Å². The van der Waals surface area contributed by atoms with Gasteiger partial charge in [0.1, 0.15) is 30.2 Å². The fraction of sp³-hybridized carbons (Fsp3) is 0.263. The largest absolute Gasteiger partial charge is 0.492 e. The van der Waals surface area contributed by atoms with E-state index < -0.39 is 24.3 Å². The number of nitrogens with zero attached hydrogens (tertiary/aromatic N) is 2. The summed E-state index contributed by atoms with van der Waals surface area (Å²) in [6.07, 6.45) is -3.10. The standard InChI is InChI=1S/C19H18F3N3O2/c1-13-9-14-10-16(19(20,21)22)25(18(14)24-11-13)12-17(26)23-7-8-27-15-5-3-2-4-6-15/h2-6,9-11H,7-8,12H2,1H3,(H,23,26). The minimum Gasteiger partial charge on any atom is -0.492 e. The van der Waals surface area contributed by atoms with E-state index in [-0.39, 0.29) is 18.8 Å². The van der Waals surface area contributed by atoms with E-state index in [1.807, 2.05) is 18.2 Å². The summed E-state index contributed by atoms with van der Waals surface area (Å²) in [5.74, 6) is 0.110. The number of carbonyl (C=O) groups excluding carboxylic acids is 1. The molecule has 0 aliphatic heterocycles. The molecule has 0 atom stereocenters. The molecule has 0 spiro atoms. The molecule has 8 heteroatoms. The Morgan fingerprint density at radius 3 is 2.67 bits per heavy atom. The monoisotopic (exact) mass is 377 g/mol. The van der Waals surface area contributed by atoms with Crippen molar-refractivity contribution in [3.05, 3.63) is 59.9 Å². The highest BCUT2D eigenvalue weighted by Crippen LogP contribution is 2.33. The molecule has 1 amide bonds. The number of hydrogen-bond acceptors (Lipinski definition) is 3. The van der Waals surface area contributed by atoms with Gasteiger partial charge in [0, 0.05) is 11.6 Å². The third-order valence-corrected chi connectivity index (χ3v) is 3.90. The lowest BCUT2D eigenvalue weighted by Gasteiger charge is -2.13. The number of aryl methyl sites for hydroxylation is 1.